The lowest BCUT2D eigenvalue weighted by Crippen LogP contribution is -2.62. The number of hydrogen-bond acceptors (Lipinski definition) is 8. The minimum absolute atomic E-state index is 0.0134. The number of aliphatic hydroxyl groups is 2. The lowest BCUT2D eigenvalue weighted by atomic mass is 9.45. The fourth-order valence-corrected chi connectivity index (χ4v) is 7.97. The summed E-state index contributed by atoms with van der Waals surface area (Å²) in [7, 11) is 0. The van der Waals surface area contributed by atoms with Gasteiger partial charge in [-0.05, 0) is 67.8 Å². The molecule has 4 aliphatic rings. The second kappa shape index (κ2) is 9.94. The summed E-state index contributed by atoms with van der Waals surface area (Å²) in [6.45, 7) is 2.81. The number of ether oxygens (including phenoxy) is 1. The van der Waals surface area contributed by atoms with Crippen molar-refractivity contribution < 1.29 is 44.0 Å². The normalized spacial score (nSPS) is 38.5. The Balaban J connectivity index is 1.41. The van der Waals surface area contributed by atoms with Gasteiger partial charge in [-0.3, -0.25) is 24.0 Å². The summed E-state index contributed by atoms with van der Waals surface area (Å²) in [6.07, 6.45) is 4.24. The van der Waals surface area contributed by atoms with Crippen molar-refractivity contribution in [3.63, 3.8) is 0 Å². The maximum absolute atomic E-state index is 13.2. The number of ketones is 2. The van der Waals surface area contributed by atoms with Crippen LogP contribution in [0.2, 0.25) is 0 Å². The van der Waals surface area contributed by atoms with Gasteiger partial charge in [-0.15, -0.1) is 0 Å². The summed E-state index contributed by atoms with van der Waals surface area (Å²) in [4.78, 5) is 59.5. The molecule has 4 N–H and O–H groups in total. The maximum Gasteiger partial charge on any atom is 0.322 e. The Labute approximate surface area is 215 Å². The fraction of sp³-hybridized carbons (Fsp3) is 0.741. The van der Waals surface area contributed by atoms with E-state index in [0.717, 1.165) is 18.4 Å². The molecule has 0 aromatic rings. The molecule has 0 bridgehead atoms. The van der Waals surface area contributed by atoms with Crippen molar-refractivity contribution in [3.8, 4) is 0 Å². The molecular weight excluding hydrogens is 482 g/mol. The molecule has 0 aliphatic heterocycles. The number of carbonyl (C=O) groups excluding carboxylic acids is 4. The van der Waals surface area contributed by atoms with Crippen molar-refractivity contribution in [2.24, 2.45) is 28.6 Å². The van der Waals surface area contributed by atoms with Crippen LogP contribution in [0.25, 0.3) is 0 Å². The van der Waals surface area contributed by atoms with Gasteiger partial charge in [0.15, 0.2) is 12.4 Å². The average molecular weight is 520 g/mol. The molecule has 204 valence electrons. The third-order valence-corrected chi connectivity index (χ3v) is 9.87. The zero-order valence-electron chi connectivity index (χ0n) is 21.5. The van der Waals surface area contributed by atoms with E-state index in [9.17, 15) is 34.2 Å². The van der Waals surface area contributed by atoms with E-state index in [1.807, 2.05) is 6.92 Å². The molecule has 4 rings (SSSR count). The number of aliphatic hydroxyl groups excluding tert-OH is 1. The first kappa shape index (κ1) is 27.4. The highest BCUT2D eigenvalue weighted by Gasteiger charge is 2.68. The van der Waals surface area contributed by atoms with Crippen molar-refractivity contribution in [2.75, 3.05) is 13.2 Å². The zero-order valence-corrected chi connectivity index (χ0v) is 21.5. The van der Waals surface area contributed by atoms with Crippen LogP contribution in [-0.4, -0.2) is 69.6 Å². The van der Waals surface area contributed by atoms with Gasteiger partial charge < -0.3 is 25.4 Å². The van der Waals surface area contributed by atoms with Crippen molar-refractivity contribution >= 4 is 29.4 Å². The fourth-order valence-electron chi connectivity index (χ4n) is 7.97. The number of nitrogens with one attached hydrogen (secondary N) is 1. The van der Waals surface area contributed by atoms with Gasteiger partial charge in [0, 0.05) is 18.3 Å². The molecule has 3 fully saturated rings. The van der Waals surface area contributed by atoms with Crippen molar-refractivity contribution in [3.05, 3.63) is 11.6 Å². The predicted molar refractivity (Wildman–Crippen MR) is 129 cm³/mol. The van der Waals surface area contributed by atoms with Gasteiger partial charge in [0.05, 0.1) is 12.5 Å². The van der Waals surface area contributed by atoms with Crippen LogP contribution in [0.3, 0.4) is 0 Å². The monoisotopic (exact) mass is 519 g/mol. The maximum atomic E-state index is 13.2. The van der Waals surface area contributed by atoms with Gasteiger partial charge in [-0.25, -0.2) is 0 Å². The Morgan fingerprint density at radius 3 is 2.54 bits per heavy atom. The Hall–Kier alpha value is -2.59. The second-order valence-corrected chi connectivity index (χ2v) is 11.7. The van der Waals surface area contributed by atoms with E-state index < -0.39 is 53.9 Å². The topological polar surface area (TPSA) is 167 Å². The molecule has 37 heavy (non-hydrogen) atoms. The SMILES string of the molecule is C[C@]12CCC(=O)C=C1CC[C@@H]1[C@@H]2[C@H](O)C[C@@]2(C)[C@H]1CC[C@]2(O)C(=O)COC(=O)CCC(=O)NCC(=O)O. The van der Waals surface area contributed by atoms with Crippen LogP contribution in [0, 0.1) is 28.6 Å². The van der Waals surface area contributed by atoms with Crippen LogP contribution < -0.4 is 5.32 Å². The van der Waals surface area contributed by atoms with Gasteiger partial charge in [-0.2, -0.15) is 0 Å². The lowest BCUT2D eigenvalue weighted by Gasteiger charge is -2.60. The van der Waals surface area contributed by atoms with Crippen LogP contribution in [0.5, 0.6) is 0 Å². The minimum Gasteiger partial charge on any atom is -0.480 e. The van der Waals surface area contributed by atoms with Crippen molar-refractivity contribution in [1.82, 2.24) is 5.32 Å². The molecule has 10 heteroatoms. The van der Waals surface area contributed by atoms with E-state index in [4.69, 9.17) is 9.84 Å². The van der Waals surface area contributed by atoms with Crippen LogP contribution in [0.4, 0.5) is 0 Å². The number of esters is 1. The van der Waals surface area contributed by atoms with Crippen molar-refractivity contribution in [2.45, 2.75) is 83.3 Å². The molecule has 0 aromatic carbocycles. The average Bonchev–Trinajstić information content (AvgIpc) is 3.11. The Kier molecular flexibility index (Phi) is 7.38. The van der Waals surface area contributed by atoms with E-state index >= 15 is 0 Å². The third-order valence-electron chi connectivity index (χ3n) is 9.87. The third kappa shape index (κ3) is 4.74. The van der Waals surface area contributed by atoms with Crippen molar-refractivity contribution in [1.29, 1.82) is 0 Å². The Morgan fingerprint density at radius 2 is 1.84 bits per heavy atom. The predicted octanol–water partition coefficient (Wildman–Crippen LogP) is 1.31. The van der Waals surface area contributed by atoms with Gasteiger partial charge in [0.1, 0.15) is 12.1 Å². The Morgan fingerprint density at radius 1 is 1.11 bits per heavy atom. The summed E-state index contributed by atoms with van der Waals surface area (Å²) in [5, 5.41) is 33.8. The number of hydrogen-bond donors (Lipinski definition) is 4. The van der Waals surface area contributed by atoms with Crippen LogP contribution >= 0.6 is 0 Å². The number of carboxylic acids is 1. The van der Waals surface area contributed by atoms with Gasteiger partial charge in [0.2, 0.25) is 11.7 Å². The Bertz CT molecular complexity index is 1040. The molecule has 3 saturated carbocycles. The number of fused-ring (bicyclic) bond motifs is 5. The molecule has 0 saturated heterocycles. The number of Topliss-reactive ketones (excluding diaryl/α,β-unsaturated/α-hetero) is 1. The zero-order chi connectivity index (χ0) is 27.2. The molecule has 0 unspecified atom stereocenters. The first-order valence-electron chi connectivity index (χ1n) is 13.1. The van der Waals surface area contributed by atoms with E-state index in [0.29, 0.717) is 19.3 Å². The molecule has 0 heterocycles. The van der Waals surface area contributed by atoms with E-state index in [2.05, 4.69) is 12.2 Å². The molecule has 0 spiro atoms. The van der Waals surface area contributed by atoms with E-state index in [-0.39, 0.29) is 54.6 Å². The molecule has 10 nitrogen and oxygen atoms in total. The minimum atomic E-state index is -1.75. The summed E-state index contributed by atoms with van der Waals surface area (Å²) in [6, 6.07) is 0. The summed E-state index contributed by atoms with van der Waals surface area (Å²) in [5.41, 5.74) is -1.78. The molecule has 1 amide bonds. The van der Waals surface area contributed by atoms with Gasteiger partial charge in [0.25, 0.3) is 0 Å². The first-order valence-corrected chi connectivity index (χ1v) is 13.1. The second-order valence-electron chi connectivity index (χ2n) is 11.7. The molecule has 0 aromatic heterocycles. The van der Waals surface area contributed by atoms with Gasteiger partial charge >= 0.3 is 11.9 Å². The summed E-state index contributed by atoms with van der Waals surface area (Å²) in [5.74, 6) is -3.01. The molecular formula is C27H37NO9. The van der Waals surface area contributed by atoms with Gasteiger partial charge in [-0.1, -0.05) is 19.4 Å². The highest BCUT2D eigenvalue weighted by Crippen LogP contribution is 2.67. The first-order chi connectivity index (χ1) is 17.3. The van der Waals surface area contributed by atoms with E-state index in [1.54, 1.807) is 6.08 Å². The van der Waals surface area contributed by atoms with Crippen LogP contribution in [0.1, 0.15) is 71.6 Å². The summed E-state index contributed by atoms with van der Waals surface area (Å²) < 4.78 is 5.07. The van der Waals surface area contributed by atoms with Crippen LogP contribution in [-0.2, 0) is 28.7 Å². The smallest absolute Gasteiger partial charge is 0.322 e. The largest absolute Gasteiger partial charge is 0.480 e. The number of carbonyl (C=O) groups is 5. The number of aliphatic carboxylic acids is 1. The quantitative estimate of drug-likeness (QED) is 0.346. The number of rotatable bonds is 8. The van der Waals surface area contributed by atoms with Crippen LogP contribution in [0.15, 0.2) is 11.6 Å². The number of carboxylic acid groups (broad SMARTS) is 1. The molecule has 7 atom stereocenters. The number of amides is 1. The highest BCUT2D eigenvalue weighted by atomic mass is 16.5. The standard InChI is InChI=1S/C27H37NO9/c1-25-9-7-16(29)11-15(25)3-4-17-18-8-10-27(36,26(18,2)12-19(30)24(17)25)20(31)14-37-23(35)6-5-21(32)28-13-22(33)34/h11,17-19,24,30,36H,3-10,12-14H2,1-2H3,(H,28,32)(H,33,34)/t17-,18-,19+,24+,25-,26-,27-/m0/s1. The highest BCUT2D eigenvalue weighted by molar-refractivity contribution is 5.92. The summed E-state index contributed by atoms with van der Waals surface area (Å²) >= 11 is 0. The molecule has 4 aliphatic carbocycles. The van der Waals surface area contributed by atoms with E-state index in [1.165, 1.54) is 0 Å². The lowest BCUT2D eigenvalue weighted by molar-refractivity contribution is -0.184. The number of allylic oxidation sites excluding steroid dienone is 1. The molecule has 0 radical (unpaired) electrons.